The second kappa shape index (κ2) is 48.9. The molecule has 6 N–H and O–H groups in total. The summed E-state index contributed by atoms with van der Waals surface area (Å²) >= 11 is 0. The van der Waals surface area contributed by atoms with Gasteiger partial charge >= 0.3 is 0 Å². The third-order valence-corrected chi connectivity index (χ3v) is 12.0. The fourth-order valence-electron chi connectivity index (χ4n) is 7.63. The first-order valence-corrected chi connectivity index (χ1v) is 27.4. The van der Waals surface area contributed by atoms with Crippen LogP contribution in [0.25, 0.3) is 0 Å². The van der Waals surface area contributed by atoms with Crippen LogP contribution in [0.4, 0.5) is 0 Å². The Morgan fingerprint density at radius 2 is 0.900 bits per heavy atom. The van der Waals surface area contributed by atoms with E-state index >= 15 is 0 Å². The molecule has 1 aliphatic heterocycles. The molecular weight excluding hydrogens is 875 g/mol. The number of allylic oxidation sites excluding steroid dienone is 21. The van der Waals surface area contributed by atoms with E-state index in [1.807, 2.05) is 6.08 Å². The minimum absolute atomic E-state index is 0.206. The number of ether oxygens (including phenoxy) is 2. The Bertz CT molecular complexity index is 1550. The van der Waals surface area contributed by atoms with Gasteiger partial charge in [-0.3, -0.25) is 4.79 Å². The number of rotatable bonds is 44. The van der Waals surface area contributed by atoms with Crippen LogP contribution in [0.2, 0.25) is 0 Å². The Kier molecular flexibility index (Phi) is 45.0. The molecular formula is C61H99NO8. The first-order chi connectivity index (χ1) is 34.3. The normalized spacial score (nSPS) is 20.5. The van der Waals surface area contributed by atoms with Crippen molar-refractivity contribution in [2.45, 2.75) is 230 Å². The molecule has 9 nitrogen and oxygen atoms in total. The van der Waals surface area contributed by atoms with Crippen LogP contribution in [0, 0.1) is 0 Å². The van der Waals surface area contributed by atoms with Crippen LogP contribution < -0.4 is 5.32 Å². The first kappa shape index (κ1) is 64.3. The summed E-state index contributed by atoms with van der Waals surface area (Å²) in [6.45, 7) is 3.60. The van der Waals surface area contributed by atoms with Gasteiger partial charge in [0.2, 0.25) is 5.91 Å². The summed E-state index contributed by atoms with van der Waals surface area (Å²) in [6.07, 6.45) is 68.0. The largest absolute Gasteiger partial charge is 0.394 e. The van der Waals surface area contributed by atoms with Crippen molar-refractivity contribution in [3.8, 4) is 0 Å². The van der Waals surface area contributed by atoms with Crippen LogP contribution >= 0.6 is 0 Å². The van der Waals surface area contributed by atoms with Crippen LogP contribution in [-0.4, -0.2) is 87.5 Å². The standard InChI is InChI=1S/C61H99NO8/c1-3-5-7-9-11-13-15-17-18-19-20-21-22-23-24-25-26-27-28-29-30-31-32-33-34-35-36-37-38-39-41-43-45-47-49-51-57(65)62-54(53-69-61-60(68)59(67)58(66)56(52-63)70-61)55(64)50-48-46-44-42-40-16-14-12-10-8-6-4-2/h5,7,11,13,17-18,20-21,23-24,26-27,29-30,32-33,35-36,40,42,48,50,54-56,58-61,63-64,66-68H,3-4,6,8-10,12,14-16,19,22,25,28,31,34,37-39,41,43-47,49,51-53H2,1-2H3,(H,62,65)/b7-5-,13-11-,18-17-,21-20-,24-23-,27-26-,30-29-,33-32-,36-35-,42-40+,50-48+. The van der Waals surface area contributed by atoms with Crippen molar-refractivity contribution >= 4 is 5.91 Å². The van der Waals surface area contributed by atoms with E-state index in [0.29, 0.717) is 6.42 Å². The van der Waals surface area contributed by atoms with E-state index in [0.717, 1.165) is 109 Å². The summed E-state index contributed by atoms with van der Waals surface area (Å²) in [7, 11) is 0. The third-order valence-electron chi connectivity index (χ3n) is 12.0. The number of amides is 1. The van der Waals surface area contributed by atoms with Crippen LogP contribution in [0.15, 0.2) is 134 Å². The molecule has 1 fully saturated rings. The van der Waals surface area contributed by atoms with Gasteiger partial charge in [0.25, 0.3) is 0 Å². The predicted molar refractivity (Wildman–Crippen MR) is 294 cm³/mol. The molecule has 0 aromatic heterocycles. The number of aliphatic hydroxyl groups excluding tert-OH is 5. The van der Waals surface area contributed by atoms with Crippen molar-refractivity contribution in [3.05, 3.63) is 134 Å². The molecule has 0 bridgehead atoms. The van der Waals surface area contributed by atoms with Crippen molar-refractivity contribution in [2.75, 3.05) is 13.2 Å². The lowest BCUT2D eigenvalue weighted by molar-refractivity contribution is -0.302. The topological polar surface area (TPSA) is 149 Å². The number of carbonyl (C=O) groups excluding carboxylic acids is 1. The van der Waals surface area contributed by atoms with Crippen molar-refractivity contribution in [3.63, 3.8) is 0 Å². The molecule has 1 heterocycles. The Morgan fingerprint density at radius 1 is 0.500 bits per heavy atom. The van der Waals surface area contributed by atoms with Crippen molar-refractivity contribution in [1.82, 2.24) is 5.32 Å². The van der Waals surface area contributed by atoms with E-state index in [2.05, 4.69) is 141 Å². The maximum absolute atomic E-state index is 13.0. The van der Waals surface area contributed by atoms with E-state index in [1.165, 1.54) is 57.8 Å². The van der Waals surface area contributed by atoms with Crippen LogP contribution in [0.5, 0.6) is 0 Å². The number of unbranched alkanes of at least 4 members (excludes halogenated alkanes) is 14. The highest BCUT2D eigenvalue weighted by Crippen LogP contribution is 2.22. The second-order valence-corrected chi connectivity index (χ2v) is 18.3. The van der Waals surface area contributed by atoms with Crippen LogP contribution in [0.3, 0.4) is 0 Å². The Morgan fingerprint density at radius 3 is 1.37 bits per heavy atom. The van der Waals surface area contributed by atoms with Gasteiger partial charge in [-0.25, -0.2) is 0 Å². The molecule has 1 saturated heterocycles. The second-order valence-electron chi connectivity index (χ2n) is 18.3. The zero-order chi connectivity index (χ0) is 50.8. The zero-order valence-electron chi connectivity index (χ0n) is 43.7. The molecule has 0 saturated carbocycles. The molecule has 396 valence electrons. The summed E-state index contributed by atoms with van der Waals surface area (Å²) in [6, 6.07) is -0.836. The SMILES string of the molecule is CC/C=C\C/C=C\C/C=C\C/C=C\C/C=C\C/C=C\C/C=C\C/C=C\C/C=C\CCCCCCCCCC(=O)NC(COC1OC(CO)C(O)C(O)C1O)C(O)/C=C/CC/C=C/CCCCCCCC. The van der Waals surface area contributed by atoms with E-state index < -0.39 is 49.5 Å². The average Bonchev–Trinajstić information content (AvgIpc) is 3.36. The molecule has 0 spiro atoms. The van der Waals surface area contributed by atoms with Gasteiger partial charge in [0.15, 0.2) is 6.29 Å². The van der Waals surface area contributed by atoms with Gasteiger partial charge in [-0.05, 0) is 103 Å². The highest BCUT2D eigenvalue weighted by molar-refractivity contribution is 5.76. The summed E-state index contributed by atoms with van der Waals surface area (Å²) < 4.78 is 11.2. The minimum Gasteiger partial charge on any atom is -0.394 e. The molecule has 1 amide bonds. The highest BCUT2D eigenvalue weighted by Gasteiger charge is 2.44. The van der Waals surface area contributed by atoms with Gasteiger partial charge in [-0.2, -0.15) is 0 Å². The van der Waals surface area contributed by atoms with E-state index in [9.17, 15) is 30.3 Å². The lowest BCUT2D eigenvalue weighted by atomic mass is 9.99. The predicted octanol–water partition coefficient (Wildman–Crippen LogP) is 13.3. The van der Waals surface area contributed by atoms with Crippen molar-refractivity contribution < 1.29 is 39.8 Å². The minimum atomic E-state index is -1.58. The van der Waals surface area contributed by atoms with E-state index in [-0.39, 0.29) is 12.5 Å². The molecule has 0 aromatic carbocycles. The zero-order valence-corrected chi connectivity index (χ0v) is 43.7. The summed E-state index contributed by atoms with van der Waals surface area (Å²) in [4.78, 5) is 13.0. The van der Waals surface area contributed by atoms with Crippen molar-refractivity contribution in [1.29, 1.82) is 0 Å². The third kappa shape index (κ3) is 38.1. The van der Waals surface area contributed by atoms with Gasteiger partial charge in [-0.1, -0.05) is 212 Å². The summed E-state index contributed by atoms with van der Waals surface area (Å²) in [5.74, 6) is -0.206. The first-order valence-electron chi connectivity index (χ1n) is 27.4. The molecule has 1 rings (SSSR count). The number of carbonyl (C=O) groups is 1. The molecule has 70 heavy (non-hydrogen) atoms. The lowest BCUT2D eigenvalue weighted by Gasteiger charge is -2.40. The summed E-state index contributed by atoms with van der Waals surface area (Å²) in [5.41, 5.74) is 0. The van der Waals surface area contributed by atoms with Crippen LogP contribution in [-0.2, 0) is 14.3 Å². The maximum atomic E-state index is 13.0. The summed E-state index contributed by atoms with van der Waals surface area (Å²) in [5, 5.41) is 54.3. The van der Waals surface area contributed by atoms with Gasteiger partial charge in [0.1, 0.15) is 24.4 Å². The van der Waals surface area contributed by atoms with Gasteiger partial charge in [0, 0.05) is 6.42 Å². The number of hydrogen-bond acceptors (Lipinski definition) is 8. The molecule has 7 unspecified atom stereocenters. The van der Waals surface area contributed by atoms with Gasteiger partial charge < -0.3 is 40.3 Å². The monoisotopic (exact) mass is 974 g/mol. The number of aliphatic hydroxyl groups is 5. The Hall–Kier alpha value is -3.67. The lowest BCUT2D eigenvalue weighted by Crippen LogP contribution is -2.60. The number of hydrogen-bond donors (Lipinski definition) is 6. The van der Waals surface area contributed by atoms with Crippen LogP contribution in [0.1, 0.15) is 187 Å². The molecule has 7 atom stereocenters. The number of nitrogens with one attached hydrogen (secondary N) is 1. The van der Waals surface area contributed by atoms with Gasteiger partial charge in [0.05, 0.1) is 25.4 Å². The van der Waals surface area contributed by atoms with E-state index in [4.69, 9.17) is 9.47 Å². The molecule has 1 aliphatic rings. The highest BCUT2D eigenvalue weighted by atomic mass is 16.7. The quantitative estimate of drug-likeness (QED) is 0.0261. The van der Waals surface area contributed by atoms with Gasteiger partial charge in [-0.15, -0.1) is 0 Å². The van der Waals surface area contributed by atoms with E-state index in [1.54, 1.807) is 6.08 Å². The fraction of sp³-hybridized carbons (Fsp3) is 0.623. The fourth-order valence-corrected chi connectivity index (χ4v) is 7.63. The van der Waals surface area contributed by atoms with Crippen molar-refractivity contribution in [2.24, 2.45) is 0 Å². The maximum Gasteiger partial charge on any atom is 0.220 e. The smallest absolute Gasteiger partial charge is 0.220 e. The molecule has 9 heteroatoms. The molecule has 0 radical (unpaired) electrons. The Balaban J connectivity index is 2.21. The average molecular weight is 974 g/mol. The molecule has 0 aromatic rings. The Labute approximate surface area is 426 Å². The molecule has 0 aliphatic carbocycles.